The Balaban J connectivity index is 1.34. The molecule has 0 unspecified atom stereocenters. The Kier molecular flexibility index (Phi) is 9.05. The molecule has 3 heterocycles. The number of halogens is 1. The summed E-state index contributed by atoms with van der Waals surface area (Å²) in [5, 5.41) is 14.8. The van der Waals surface area contributed by atoms with Gasteiger partial charge in [0, 0.05) is 26.3 Å². The molecule has 1 saturated carbocycles. The number of nitrogens with one attached hydrogen (secondary N) is 2. The number of aliphatic hydroxyl groups is 1. The maximum Gasteiger partial charge on any atom is 0.413 e. The second kappa shape index (κ2) is 12.6. The van der Waals surface area contributed by atoms with Gasteiger partial charge in [0.05, 0.1) is 31.1 Å². The molecule has 2 fully saturated rings. The third kappa shape index (κ3) is 7.15. The first-order valence-electron chi connectivity index (χ1n) is 12.7. The van der Waals surface area contributed by atoms with Crippen molar-refractivity contribution in [3.8, 4) is 5.88 Å². The largest absolute Gasteiger partial charge is 0.477 e. The highest BCUT2D eigenvalue weighted by atomic mass is 19.1. The van der Waals surface area contributed by atoms with Gasteiger partial charge in [0.1, 0.15) is 18.1 Å². The number of hydrogen-bond donors (Lipinski definition) is 3. The van der Waals surface area contributed by atoms with Gasteiger partial charge in [-0.25, -0.2) is 28.9 Å². The minimum absolute atomic E-state index is 0.151. The molecule has 14 heteroatoms. The predicted octanol–water partition coefficient (Wildman–Crippen LogP) is 2.60. The van der Waals surface area contributed by atoms with Gasteiger partial charge in [0.2, 0.25) is 11.8 Å². The molecule has 4 rings (SSSR count). The van der Waals surface area contributed by atoms with Crippen LogP contribution in [0.5, 0.6) is 5.88 Å². The lowest BCUT2D eigenvalue weighted by atomic mass is 9.95. The molecule has 0 radical (unpaired) electrons. The number of ether oxygens (including phenoxy) is 2. The van der Waals surface area contributed by atoms with Crippen LogP contribution in [-0.2, 0) is 4.74 Å². The molecule has 38 heavy (non-hydrogen) atoms. The van der Waals surface area contributed by atoms with E-state index < -0.39 is 24.3 Å². The van der Waals surface area contributed by atoms with Crippen LogP contribution in [0.2, 0.25) is 0 Å². The first-order chi connectivity index (χ1) is 18.3. The van der Waals surface area contributed by atoms with Crippen molar-refractivity contribution in [3.05, 3.63) is 24.7 Å². The first-order valence-corrected chi connectivity index (χ1v) is 12.7. The van der Waals surface area contributed by atoms with Crippen LogP contribution < -0.4 is 20.3 Å². The lowest BCUT2D eigenvalue weighted by Gasteiger charge is -2.39. The van der Waals surface area contributed by atoms with Crippen molar-refractivity contribution < 1.29 is 28.6 Å². The summed E-state index contributed by atoms with van der Waals surface area (Å²) >= 11 is 0. The Hall–Kier alpha value is -3.81. The molecule has 2 atom stereocenters. The Labute approximate surface area is 219 Å². The number of nitrogens with zero attached hydrogens (tertiary/aromatic N) is 6. The van der Waals surface area contributed by atoms with Crippen molar-refractivity contribution in [1.29, 1.82) is 0 Å². The smallest absolute Gasteiger partial charge is 0.413 e. The molecule has 3 N–H and O–H groups in total. The van der Waals surface area contributed by atoms with Gasteiger partial charge in [0.15, 0.2) is 5.82 Å². The fourth-order valence-electron chi connectivity index (χ4n) is 4.42. The monoisotopic (exact) mass is 532 g/mol. The van der Waals surface area contributed by atoms with Gasteiger partial charge in [-0.1, -0.05) is 0 Å². The van der Waals surface area contributed by atoms with E-state index in [1.165, 1.54) is 36.6 Å². The summed E-state index contributed by atoms with van der Waals surface area (Å²) in [6.45, 7) is 2.76. The number of likely N-dealkylation sites (N-methyl/N-ethyl adjacent to an activating group) is 1. The number of carbonyl (C=O) groups is 2. The average Bonchev–Trinajstić information content (AvgIpc) is 2.91. The molecule has 1 aliphatic carbocycles. The fourth-order valence-corrected chi connectivity index (χ4v) is 4.42. The van der Waals surface area contributed by atoms with Crippen molar-refractivity contribution in [1.82, 2.24) is 24.8 Å². The summed E-state index contributed by atoms with van der Waals surface area (Å²) in [5.74, 6) is 1.10. The van der Waals surface area contributed by atoms with Crippen LogP contribution >= 0.6 is 0 Å². The van der Waals surface area contributed by atoms with E-state index in [0.29, 0.717) is 50.7 Å². The van der Waals surface area contributed by atoms with E-state index in [1.807, 2.05) is 6.92 Å². The van der Waals surface area contributed by atoms with Gasteiger partial charge in [-0.05, 0) is 45.1 Å². The molecule has 2 aromatic heterocycles. The standard InChI is InChI=1S/C24H33FN8O5/c1-3-37-21-13-27-20(12-28-21)30-23(35)32(2)18-14-33(11-9-17(18)25)22-26-10-8-19(29-22)31-24(36)38-16-6-4-15(34)5-7-16/h8,10,12-13,15-18,34H,3-7,9,11,14H2,1-2H3,(H,27,30,35)(H,26,29,31,36)/t15?,16?,17-,18+/m1/s1. The lowest BCUT2D eigenvalue weighted by Crippen LogP contribution is -2.55. The van der Waals surface area contributed by atoms with E-state index in [4.69, 9.17) is 9.47 Å². The number of carbonyl (C=O) groups excluding carboxylic acids is 2. The van der Waals surface area contributed by atoms with E-state index >= 15 is 0 Å². The Morgan fingerprint density at radius 2 is 1.92 bits per heavy atom. The van der Waals surface area contributed by atoms with Gasteiger partial charge in [-0.15, -0.1) is 0 Å². The quantitative estimate of drug-likeness (QED) is 0.485. The first kappa shape index (κ1) is 27.2. The number of anilines is 3. The molecular formula is C24H33FN8O5. The van der Waals surface area contributed by atoms with Gasteiger partial charge >= 0.3 is 12.1 Å². The summed E-state index contributed by atoms with van der Waals surface area (Å²) in [5.41, 5.74) is 0. The number of aromatic nitrogens is 4. The van der Waals surface area contributed by atoms with E-state index in [-0.39, 0.29) is 36.8 Å². The van der Waals surface area contributed by atoms with E-state index in [1.54, 1.807) is 4.90 Å². The average molecular weight is 533 g/mol. The molecule has 1 aliphatic heterocycles. The zero-order chi connectivity index (χ0) is 27.1. The molecule has 13 nitrogen and oxygen atoms in total. The summed E-state index contributed by atoms with van der Waals surface area (Å²) in [4.78, 5) is 45.0. The number of rotatable bonds is 7. The zero-order valence-corrected chi connectivity index (χ0v) is 21.4. The van der Waals surface area contributed by atoms with Crippen LogP contribution in [0.3, 0.4) is 0 Å². The predicted molar refractivity (Wildman–Crippen MR) is 136 cm³/mol. The molecule has 1 saturated heterocycles. The minimum atomic E-state index is -1.25. The maximum atomic E-state index is 14.9. The lowest BCUT2D eigenvalue weighted by molar-refractivity contribution is 0.0401. The zero-order valence-electron chi connectivity index (χ0n) is 21.4. The SMILES string of the molecule is CCOc1cnc(NC(=O)N(C)[C@H]2CN(c3nccc(NC(=O)OC4CCC(O)CC4)n3)CC[C@H]2F)cn1. The van der Waals surface area contributed by atoms with Crippen molar-refractivity contribution in [3.63, 3.8) is 0 Å². The molecule has 2 aromatic rings. The topological polar surface area (TPSA) is 155 Å². The Bertz CT molecular complexity index is 1090. The highest BCUT2D eigenvalue weighted by Gasteiger charge is 2.35. The summed E-state index contributed by atoms with van der Waals surface area (Å²) in [6.07, 6.45) is 4.36. The number of hydrogen-bond acceptors (Lipinski definition) is 10. The molecule has 3 amide bonds. The maximum absolute atomic E-state index is 14.9. The van der Waals surface area contributed by atoms with Crippen LogP contribution in [0.1, 0.15) is 39.0 Å². The van der Waals surface area contributed by atoms with Gasteiger partial charge in [-0.2, -0.15) is 4.98 Å². The molecule has 0 aromatic carbocycles. The van der Waals surface area contributed by atoms with Crippen LogP contribution in [0.25, 0.3) is 0 Å². The highest BCUT2D eigenvalue weighted by Crippen LogP contribution is 2.24. The minimum Gasteiger partial charge on any atom is -0.477 e. The summed E-state index contributed by atoms with van der Waals surface area (Å²) in [6, 6.07) is 0.227. The van der Waals surface area contributed by atoms with E-state index in [0.717, 1.165) is 0 Å². The third-order valence-corrected chi connectivity index (χ3v) is 6.55. The number of piperidine rings is 1. The Morgan fingerprint density at radius 1 is 1.13 bits per heavy atom. The van der Waals surface area contributed by atoms with Crippen molar-refractivity contribution >= 4 is 29.7 Å². The van der Waals surface area contributed by atoms with Gasteiger partial charge < -0.3 is 24.4 Å². The molecule has 0 bridgehead atoms. The number of amides is 3. The summed E-state index contributed by atoms with van der Waals surface area (Å²) in [7, 11) is 1.51. The van der Waals surface area contributed by atoms with Crippen LogP contribution in [0.4, 0.5) is 31.6 Å². The van der Waals surface area contributed by atoms with E-state index in [2.05, 4.69) is 30.6 Å². The molecule has 0 spiro atoms. The van der Waals surface area contributed by atoms with Crippen LogP contribution in [0.15, 0.2) is 24.7 Å². The van der Waals surface area contributed by atoms with Crippen molar-refractivity contribution in [2.24, 2.45) is 0 Å². The normalized spacial score (nSPS) is 23.3. The number of urea groups is 1. The second-order valence-electron chi connectivity index (χ2n) is 9.23. The molecular weight excluding hydrogens is 499 g/mol. The van der Waals surface area contributed by atoms with E-state index in [9.17, 15) is 19.1 Å². The van der Waals surface area contributed by atoms with Crippen LogP contribution in [-0.4, -0.2) is 93.2 Å². The molecule has 2 aliphatic rings. The van der Waals surface area contributed by atoms with Crippen molar-refractivity contribution in [2.45, 2.75) is 63.4 Å². The highest BCUT2D eigenvalue weighted by molar-refractivity contribution is 5.88. The third-order valence-electron chi connectivity index (χ3n) is 6.55. The second-order valence-corrected chi connectivity index (χ2v) is 9.23. The Morgan fingerprint density at radius 3 is 2.63 bits per heavy atom. The van der Waals surface area contributed by atoms with Crippen molar-refractivity contribution in [2.75, 3.05) is 42.3 Å². The van der Waals surface area contributed by atoms with Gasteiger partial charge in [-0.3, -0.25) is 10.6 Å². The fraction of sp³-hybridized carbons (Fsp3) is 0.583. The molecule has 206 valence electrons. The number of aliphatic hydroxyl groups excluding tert-OH is 1. The van der Waals surface area contributed by atoms with Gasteiger partial charge in [0.25, 0.3) is 0 Å². The summed E-state index contributed by atoms with van der Waals surface area (Å²) < 4.78 is 25.6. The van der Waals surface area contributed by atoms with Crippen LogP contribution in [0, 0.1) is 0 Å². The number of alkyl halides is 1.